The van der Waals surface area contributed by atoms with Crippen molar-refractivity contribution in [2.75, 3.05) is 30.4 Å². The fraction of sp³-hybridized carbons (Fsp3) is 0.500. The van der Waals surface area contributed by atoms with Crippen LogP contribution in [0.5, 0.6) is 6.01 Å². The summed E-state index contributed by atoms with van der Waals surface area (Å²) in [7, 11) is 1.80. The summed E-state index contributed by atoms with van der Waals surface area (Å²) in [4.78, 5) is 16.8. The molecule has 21 heavy (non-hydrogen) atoms. The van der Waals surface area contributed by atoms with Crippen LogP contribution >= 0.6 is 11.3 Å². The highest BCUT2D eigenvalue weighted by Crippen LogP contribution is 2.35. The molecule has 7 heteroatoms. The minimum Gasteiger partial charge on any atom is -0.464 e. The number of hydrogen-bond donors (Lipinski definition) is 1. The van der Waals surface area contributed by atoms with Crippen LogP contribution in [0.2, 0.25) is 0 Å². The van der Waals surface area contributed by atoms with Crippen LogP contribution in [0, 0.1) is 0 Å². The lowest BCUT2D eigenvalue weighted by Crippen LogP contribution is -2.34. The smallest absolute Gasteiger partial charge is 0.323 e. The van der Waals surface area contributed by atoms with Crippen molar-refractivity contribution in [1.82, 2.24) is 15.0 Å². The van der Waals surface area contributed by atoms with E-state index in [0.29, 0.717) is 24.5 Å². The molecule has 6 nitrogen and oxygen atoms in total. The molecule has 1 aliphatic rings. The molecular weight excluding hydrogens is 286 g/mol. The number of ether oxygens (including phenoxy) is 1. The van der Waals surface area contributed by atoms with Crippen LogP contribution in [-0.2, 0) is 6.42 Å². The maximum atomic E-state index is 5.44. The van der Waals surface area contributed by atoms with Gasteiger partial charge in [0, 0.05) is 18.5 Å². The van der Waals surface area contributed by atoms with Crippen molar-refractivity contribution < 1.29 is 4.74 Å². The molecule has 0 fully saturated rings. The quantitative estimate of drug-likeness (QED) is 0.936. The molecule has 0 saturated carbocycles. The van der Waals surface area contributed by atoms with Gasteiger partial charge < -0.3 is 15.0 Å². The summed E-state index contributed by atoms with van der Waals surface area (Å²) in [6, 6.07) is 2.83. The third kappa shape index (κ3) is 2.65. The molecule has 0 spiro atoms. The molecule has 112 valence electrons. The van der Waals surface area contributed by atoms with Gasteiger partial charge in [-0.25, -0.2) is 0 Å². The summed E-state index contributed by atoms with van der Waals surface area (Å²) < 4.78 is 5.44. The Morgan fingerprint density at radius 1 is 1.43 bits per heavy atom. The fourth-order valence-corrected chi connectivity index (χ4v) is 3.53. The fourth-order valence-electron chi connectivity index (χ4n) is 2.56. The maximum absolute atomic E-state index is 5.44. The lowest BCUT2D eigenvalue weighted by atomic mass is 10.0. The standard InChI is InChI=1S/C14H19N5OS/c1-4-20-14-17-12(15-3)16-13(18-14)19-7-5-11-10(9(19)2)6-8-21-11/h6,8-9H,4-5,7H2,1-3H3,(H,15,16,17,18). The van der Waals surface area contributed by atoms with Crippen LogP contribution in [0.1, 0.15) is 30.3 Å². The second kappa shape index (κ2) is 5.85. The summed E-state index contributed by atoms with van der Waals surface area (Å²) in [6.07, 6.45) is 1.03. The first-order valence-electron chi connectivity index (χ1n) is 7.12. The first-order valence-corrected chi connectivity index (χ1v) is 8.00. The Hall–Kier alpha value is -1.89. The molecule has 2 aromatic rings. The number of nitrogens with zero attached hydrogens (tertiary/aromatic N) is 4. The Morgan fingerprint density at radius 2 is 2.29 bits per heavy atom. The Kier molecular flexibility index (Phi) is 3.92. The van der Waals surface area contributed by atoms with Crippen LogP contribution < -0.4 is 15.0 Å². The molecule has 1 unspecified atom stereocenters. The second-order valence-electron chi connectivity index (χ2n) is 4.84. The number of aromatic nitrogens is 3. The third-order valence-corrected chi connectivity index (χ3v) is 4.63. The van der Waals surface area contributed by atoms with Gasteiger partial charge >= 0.3 is 6.01 Å². The third-order valence-electron chi connectivity index (χ3n) is 3.63. The van der Waals surface area contributed by atoms with E-state index in [1.165, 1.54) is 10.4 Å². The molecular formula is C14H19N5OS. The molecule has 3 rings (SSSR count). The minimum absolute atomic E-state index is 0.265. The van der Waals surface area contributed by atoms with Crippen molar-refractivity contribution in [2.45, 2.75) is 26.3 Å². The van der Waals surface area contributed by atoms with E-state index in [2.05, 4.69) is 43.5 Å². The van der Waals surface area contributed by atoms with Crippen molar-refractivity contribution in [3.63, 3.8) is 0 Å². The van der Waals surface area contributed by atoms with E-state index in [1.807, 2.05) is 18.3 Å². The molecule has 0 amide bonds. The number of nitrogens with one attached hydrogen (secondary N) is 1. The zero-order valence-electron chi connectivity index (χ0n) is 12.5. The minimum atomic E-state index is 0.265. The zero-order valence-corrected chi connectivity index (χ0v) is 13.3. The highest BCUT2D eigenvalue weighted by molar-refractivity contribution is 7.10. The molecule has 0 bridgehead atoms. The Labute approximate surface area is 128 Å². The van der Waals surface area contributed by atoms with Crippen molar-refractivity contribution in [3.05, 3.63) is 21.9 Å². The van der Waals surface area contributed by atoms with E-state index < -0.39 is 0 Å². The monoisotopic (exact) mass is 305 g/mol. The van der Waals surface area contributed by atoms with E-state index in [9.17, 15) is 0 Å². The number of rotatable bonds is 4. The van der Waals surface area contributed by atoms with E-state index >= 15 is 0 Å². The van der Waals surface area contributed by atoms with Gasteiger partial charge in [0.1, 0.15) is 0 Å². The molecule has 0 aromatic carbocycles. The lowest BCUT2D eigenvalue weighted by Gasteiger charge is -2.33. The molecule has 1 aliphatic heterocycles. The predicted octanol–water partition coefficient (Wildman–Crippen LogP) is 2.50. The number of thiophene rings is 1. The largest absolute Gasteiger partial charge is 0.464 e. The topological polar surface area (TPSA) is 63.2 Å². The van der Waals surface area contributed by atoms with E-state index in [1.54, 1.807) is 7.05 Å². The summed E-state index contributed by atoms with van der Waals surface area (Å²) in [5, 5.41) is 5.12. The molecule has 2 aromatic heterocycles. The zero-order chi connectivity index (χ0) is 14.8. The summed E-state index contributed by atoms with van der Waals surface area (Å²) in [5.74, 6) is 1.20. The van der Waals surface area contributed by atoms with Gasteiger partial charge in [0.15, 0.2) is 0 Å². The molecule has 0 radical (unpaired) electrons. The van der Waals surface area contributed by atoms with E-state index in [4.69, 9.17) is 4.74 Å². The van der Waals surface area contributed by atoms with Gasteiger partial charge in [-0.3, -0.25) is 0 Å². The molecule has 3 heterocycles. The Morgan fingerprint density at radius 3 is 3.05 bits per heavy atom. The highest BCUT2D eigenvalue weighted by atomic mass is 32.1. The van der Waals surface area contributed by atoms with Gasteiger partial charge in [-0.15, -0.1) is 11.3 Å². The van der Waals surface area contributed by atoms with Gasteiger partial charge in [-0.05, 0) is 37.3 Å². The van der Waals surface area contributed by atoms with Crippen molar-refractivity contribution in [1.29, 1.82) is 0 Å². The van der Waals surface area contributed by atoms with Gasteiger partial charge in [-0.2, -0.15) is 15.0 Å². The van der Waals surface area contributed by atoms with Gasteiger partial charge in [0.2, 0.25) is 11.9 Å². The normalized spacial score (nSPS) is 17.5. The first kappa shape index (κ1) is 14.1. The summed E-state index contributed by atoms with van der Waals surface area (Å²) in [6.45, 7) is 5.56. The van der Waals surface area contributed by atoms with Crippen molar-refractivity contribution in [2.24, 2.45) is 0 Å². The van der Waals surface area contributed by atoms with E-state index in [-0.39, 0.29) is 6.04 Å². The van der Waals surface area contributed by atoms with Crippen LogP contribution in [0.3, 0.4) is 0 Å². The van der Waals surface area contributed by atoms with Crippen LogP contribution in [0.15, 0.2) is 11.4 Å². The SMILES string of the molecule is CCOc1nc(NC)nc(N2CCc3sccc3C2C)n1. The van der Waals surface area contributed by atoms with Crippen molar-refractivity contribution in [3.8, 4) is 6.01 Å². The first-order chi connectivity index (χ1) is 10.2. The number of fused-ring (bicyclic) bond motifs is 1. The Balaban J connectivity index is 1.95. The van der Waals surface area contributed by atoms with Gasteiger partial charge in [0.05, 0.1) is 12.6 Å². The number of hydrogen-bond acceptors (Lipinski definition) is 7. The summed E-state index contributed by atoms with van der Waals surface area (Å²) in [5.41, 5.74) is 1.37. The maximum Gasteiger partial charge on any atom is 0.323 e. The molecule has 0 saturated heterocycles. The van der Waals surface area contributed by atoms with Crippen LogP contribution in [-0.4, -0.2) is 35.2 Å². The molecule has 1 N–H and O–H groups in total. The Bertz CT molecular complexity index is 630. The predicted molar refractivity (Wildman–Crippen MR) is 84.3 cm³/mol. The van der Waals surface area contributed by atoms with Gasteiger partial charge in [0.25, 0.3) is 0 Å². The highest BCUT2D eigenvalue weighted by Gasteiger charge is 2.27. The average Bonchev–Trinajstić information content (AvgIpc) is 2.97. The summed E-state index contributed by atoms with van der Waals surface area (Å²) >= 11 is 1.83. The van der Waals surface area contributed by atoms with Crippen LogP contribution in [0.25, 0.3) is 0 Å². The van der Waals surface area contributed by atoms with Crippen molar-refractivity contribution >= 4 is 23.2 Å². The number of anilines is 2. The lowest BCUT2D eigenvalue weighted by molar-refractivity contribution is 0.311. The average molecular weight is 305 g/mol. The molecule has 0 aliphatic carbocycles. The van der Waals surface area contributed by atoms with Gasteiger partial charge in [-0.1, -0.05) is 0 Å². The molecule has 1 atom stereocenters. The van der Waals surface area contributed by atoms with Crippen LogP contribution in [0.4, 0.5) is 11.9 Å². The second-order valence-corrected chi connectivity index (χ2v) is 5.84. The van der Waals surface area contributed by atoms with E-state index in [0.717, 1.165) is 13.0 Å².